The third-order valence-corrected chi connectivity index (χ3v) is 7.36. The Balaban J connectivity index is 2.46. The van der Waals surface area contributed by atoms with E-state index < -0.39 is 0 Å². The van der Waals surface area contributed by atoms with Crippen LogP contribution in [0.4, 0.5) is 0 Å². The third kappa shape index (κ3) is 3.09. The Morgan fingerprint density at radius 2 is 2.31 bits per heavy atom. The minimum absolute atomic E-state index is 0.0632. The van der Waals surface area contributed by atoms with Gasteiger partial charge in [-0.15, -0.1) is 0 Å². The van der Waals surface area contributed by atoms with E-state index in [9.17, 15) is 4.79 Å². The molecular formula is C9H19NOS2. The second-order valence-corrected chi connectivity index (χ2v) is 7.63. The van der Waals surface area contributed by atoms with E-state index in [0.717, 1.165) is 17.0 Å². The monoisotopic (exact) mass is 221 g/mol. The van der Waals surface area contributed by atoms with E-state index in [0.29, 0.717) is 0 Å². The van der Waals surface area contributed by atoms with Gasteiger partial charge < -0.3 is 4.90 Å². The predicted molar refractivity (Wildman–Crippen MR) is 63.7 cm³/mol. The standard InChI is InChI=1S/C9H19NOS2/c1-8(11)10-5-4-6-13(7-10)9(2)12-3/h9,13H,4-7H2,1-3H3. The van der Waals surface area contributed by atoms with Crippen molar-refractivity contribution in [1.29, 1.82) is 0 Å². The number of thiol groups is 1. The van der Waals surface area contributed by atoms with E-state index in [1.165, 1.54) is 12.2 Å². The van der Waals surface area contributed by atoms with Gasteiger partial charge in [0.2, 0.25) is 5.91 Å². The third-order valence-electron chi connectivity index (χ3n) is 2.53. The molecule has 0 spiro atoms. The van der Waals surface area contributed by atoms with Gasteiger partial charge in [-0.1, -0.05) is 0 Å². The minimum Gasteiger partial charge on any atom is -0.335 e. The first-order valence-corrected chi connectivity index (χ1v) is 7.74. The average Bonchev–Trinajstić information content (AvgIpc) is 2.17. The van der Waals surface area contributed by atoms with Crippen LogP contribution in [0.15, 0.2) is 0 Å². The largest absolute Gasteiger partial charge is 0.335 e. The highest BCUT2D eigenvalue weighted by molar-refractivity contribution is 8.27. The first-order valence-electron chi connectivity index (χ1n) is 4.67. The van der Waals surface area contributed by atoms with Crippen LogP contribution in [0.5, 0.6) is 0 Å². The molecule has 0 saturated carbocycles. The van der Waals surface area contributed by atoms with Crippen molar-refractivity contribution in [2.75, 3.05) is 24.4 Å². The molecule has 0 N–H and O–H groups in total. The number of hydrogen-bond donors (Lipinski definition) is 1. The summed E-state index contributed by atoms with van der Waals surface area (Å²) in [4.78, 5) is 13.2. The summed E-state index contributed by atoms with van der Waals surface area (Å²) < 4.78 is 0.747. The Kier molecular flexibility index (Phi) is 4.46. The molecule has 13 heavy (non-hydrogen) atoms. The Hall–Kier alpha value is 0.170. The molecule has 1 heterocycles. The summed E-state index contributed by atoms with van der Waals surface area (Å²) in [6.45, 7) is 4.96. The lowest BCUT2D eigenvalue weighted by Crippen LogP contribution is -2.36. The van der Waals surface area contributed by atoms with Crippen molar-refractivity contribution in [2.24, 2.45) is 0 Å². The average molecular weight is 221 g/mol. The maximum atomic E-state index is 11.2. The minimum atomic E-state index is 0.0632. The first-order chi connectivity index (χ1) is 6.15. The summed E-state index contributed by atoms with van der Waals surface area (Å²) in [5.74, 6) is 2.63. The molecule has 1 rings (SSSR count). The van der Waals surface area contributed by atoms with Gasteiger partial charge >= 0.3 is 0 Å². The molecular weight excluding hydrogens is 202 g/mol. The Bertz CT molecular complexity index is 186. The lowest BCUT2D eigenvalue weighted by Gasteiger charge is -2.37. The zero-order valence-corrected chi connectivity index (χ0v) is 10.3. The molecule has 0 aromatic carbocycles. The Morgan fingerprint density at radius 3 is 2.85 bits per heavy atom. The van der Waals surface area contributed by atoms with Crippen molar-refractivity contribution in [3.05, 3.63) is 0 Å². The van der Waals surface area contributed by atoms with E-state index >= 15 is 0 Å². The first kappa shape index (κ1) is 11.2. The summed E-state index contributed by atoms with van der Waals surface area (Å²) in [5.41, 5.74) is 0. The summed E-state index contributed by atoms with van der Waals surface area (Å²) in [6, 6.07) is 0. The lowest BCUT2D eigenvalue weighted by molar-refractivity contribution is -0.128. The van der Waals surface area contributed by atoms with E-state index in [1.54, 1.807) is 6.92 Å². The maximum absolute atomic E-state index is 11.2. The van der Waals surface area contributed by atoms with Crippen molar-refractivity contribution in [3.8, 4) is 0 Å². The van der Waals surface area contributed by atoms with Crippen LogP contribution >= 0.6 is 22.7 Å². The second kappa shape index (κ2) is 5.15. The molecule has 0 aromatic heterocycles. The topological polar surface area (TPSA) is 20.3 Å². The molecule has 4 heteroatoms. The molecule has 1 fully saturated rings. The highest BCUT2D eigenvalue weighted by Gasteiger charge is 2.21. The highest BCUT2D eigenvalue weighted by atomic mass is 32.2. The SMILES string of the molecule is CSC(C)[SH]1CCCN(C(C)=O)C1. The van der Waals surface area contributed by atoms with Crippen LogP contribution in [0.1, 0.15) is 20.3 Å². The fraction of sp³-hybridized carbons (Fsp3) is 0.889. The van der Waals surface area contributed by atoms with Crippen molar-refractivity contribution in [2.45, 2.75) is 24.9 Å². The van der Waals surface area contributed by atoms with Crippen LogP contribution in [0.25, 0.3) is 0 Å². The number of nitrogens with zero attached hydrogens (tertiary/aromatic N) is 1. The van der Waals surface area contributed by atoms with Crippen molar-refractivity contribution >= 4 is 28.6 Å². The second-order valence-electron chi connectivity index (χ2n) is 3.42. The van der Waals surface area contributed by atoms with E-state index in [2.05, 4.69) is 13.2 Å². The fourth-order valence-electron chi connectivity index (χ4n) is 1.53. The molecule has 78 valence electrons. The van der Waals surface area contributed by atoms with Crippen LogP contribution < -0.4 is 0 Å². The van der Waals surface area contributed by atoms with E-state index in [-0.39, 0.29) is 16.8 Å². The van der Waals surface area contributed by atoms with Gasteiger partial charge in [0.15, 0.2) is 0 Å². The molecule has 1 amide bonds. The van der Waals surface area contributed by atoms with Gasteiger partial charge in [0.25, 0.3) is 0 Å². The molecule has 0 radical (unpaired) electrons. The van der Waals surface area contributed by atoms with Gasteiger partial charge in [0.05, 0.1) is 0 Å². The zero-order chi connectivity index (χ0) is 9.84. The van der Waals surface area contributed by atoms with Crippen LogP contribution in [0, 0.1) is 0 Å². The molecule has 2 nitrogen and oxygen atoms in total. The van der Waals surface area contributed by atoms with Crippen LogP contribution in [0.3, 0.4) is 0 Å². The smallest absolute Gasteiger partial charge is 0.220 e. The molecule has 0 aromatic rings. The molecule has 1 aliphatic rings. The summed E-state index contributed by atoms with van der Waals surface area (Å²) in [5, 5.41) is 0. The van der Waals surface area contributed by atoms with Crippen molar-refractivity contribution in [1.82, 2.24) is 4.90 Å². The van der Waals surface area contributed by atoms with Crippen molar-refractivity contribution < 1.29 is 4.79 Å². The van der Waals surface area contributed by atoms with Crippen LogP contribution in [0.2, 0.25) is 0 Å². The van der Waals surface area contributed by atoms with Gasteiger partial charge in [-0.3, -0.25) is 4.79 Å². The Morgan fingerprint density at radius 1 is 1.62 bits per heavy atom. The molecule has 1 aliphatic heterocycles. The molecule has 2 unspecified atom stereocenters. The van der Waals surface area contributed by atoms with Gasteiger partial charge in [-0.05, 0) is 25.4 Å². The number of carbonyl (C=O) groups excluding carboxylic acids is 1. The van der Waals surface area contributed by atoms with Crippen LogP contribution in [-0.2, 0) is 4.79 Å². The summed E-state index contributed by atoms with van der Waals surface area (Å²) in [6.07, 6.45) is 3.37. The molecule has 1 saturated heterocycles. The highest BCUT2D eigenvalue weighted by Crippen LogP contribution is 2.40. The quantitative estimate of drug-likeness (QED) is 0.719. The van der Waals surface area contributed by atoms with E-state index in [1.807, 2.05) is 16.7 Å². The zero-order valence-electron chi connectivity index (χ0n) is 8.62. The maximum Gasteiger partial charge on any atom is 0.220 e. The predicted octanol–water partition coefficient (Wildman–Crippen LogP) is 1.91. The number of carbonyl (C=O) groups is 1. The van der Waals surface area contributed by atoms with Crippen molar-refractivity contribution in [3.63, 3.8) is 0 Å². The van der Waals surface area contributed by atoms with Gasteiger partial charge in [-0.25, -0.2) is 10.9 Å². The summed E-state index contributed by atoms with van der Waals surface area (Å²) in [7, 11) is 0.0632. The van der Waals surface area contributed by atoms with Gasteiger partial charge in [0.1, 0.15) is 0 Å². The molecule has 0 bridgehead atoms. The number of thioether (sulfide) groups is 1. The molecule has 2 atom stereocenters. The van der Waals surface area contributed by atoms with Crippen LogP contribution in [-0.4, -0.2) is 39.8 Å². The molecule has 0 aliphatic carbocycles. The Labute approximate surface area is 87.8 Å². The van der Waals surface area contributed by atoms with Gasteiger partial charge in [-0.2, -0.15) is 11.8 Å². The normalized spacial score (nSPS) is 28.5. The number of hydrogen-bond acceptors (Lipinski definition) is 2. The number of rotatable bonds is 2. The van der Waals surface area contributed by atoms with E-state index in [4.69, 9.17) is 0 Å². The fourth-order valence-corrected chi connectivity index (χ4v) is 5.30. The number of amides is 1. The summed E-state index contributed by atoms with van der Waals surface area (Å²) >= 11 is 1.94. The lowest BCUT2D eigenvalue weighted by atomic mass is 10.4. The van der Waals surface area contributed by atoms with Gasteiger partial charge in [0, 0.05) is 23.9 Å².